The molecule has 2 aromatic rings. The minimum atomic E-state index is -0.190. The second kappa shape index (κ2) is 6.40. The molecule has 0 aromatic heterocycles. The molecule has 0 saturated carbocycles. The SMILES string of the molecule is COc1ccccc1C(=O)NC=Cc1ccccc1. The molecule has 0 aliphatic carbocycles. The van der Waals surface area contributed by atoms with E-state index in [1.165, 1.54) is 0 Å². The van der Waals surface area contributed by atoms with Crippen LogP contribution < -0.4 is 10.1 Å². The summed E-state index contributed by atoms with van der Waals surface area (Å²) in [5.74, 6) is 0.373. The molecular formula is C16H15NO2. The Balaban J connectivity index is 2.04. The molecule has 0 unspecified atom stereocenters. The van der Waals surface area contributed by atoms with Crippen molar-refractivity contribution in [3.05, 3.63) is 71.9 Å². The van der Waals surface area contributed by atoms with Gasteiger partial charge in [0.15, 0.2) is 0 Å². The summed E-state index contributed by atoms with van der Waals surface area (Å²) in [6.45, 7) is 0. The maximum atomic E-state index is 12.0. The van der Waals surface area contributed by atoms with Crippen LogP contribution >= 0.6 is 0 Å². The Bertz CT molecular complexity index is 576. The Labute approximate surface area is 112 Å². The van der Waals surface area contributed by atoms with Crippen LogP contribution in [0.2, 0.25) is 0 Å². The summed E-state index contributed by atoms with van der Waals surface area (Å²) in [6.07, 6.45) is 3.47. The molecule has 0 heterocycles. The van der Waals surface area contributed by atoms with Gasteiger partial charge in [-0.25, -0.2) is 0 Å². The van der Waals surface area contributed by atoms with Crippen molar-refractivity contribution in [1.82, 2.24) is 5.32 Å². The van der Waals surface area contributed by atoms with E-state index in [2.05, 4.69) is 5.32 Å². The van der Waals surface area contributed by atoms with Crippen LogP contribution in [-0.4, -0.2) is 13.0 Å². The molecule has 0 atom stereocenters. The Morgan fingerprint density at radius 2 is 1.74 bits per heavy atom. The molecule has 0 aliphatic heterocycles. The Kier molecular flexibility index (Phi) is 4.34. The molecule has 96 valence electrons. The van der Waals surface area contributed by atoms with Crippen molar-refractivity contribution in [1.29, 1.82) is 0 Å². The van der Waals surface area contributed by atoms with Crippen LogP contribution in [0.3, 0.4) is 0 Å². The lowest BCUT2D eigenvalue weighted by molar-refractivity contribution is 0.0967. The van der Waals surface area contributed by atoms with Gasteiger partial charge in [-0.05, 0) is 23.8 Å². The summed E-state index contributed by atoms with van der Waals surface area (Å²) in [5.41, 5.74) is 1.55. The molecule has 3 nitrogen and oxygen atoms in total. The molecule has 2 aromatic carbocycles. The van der Waals surface area contributed by atoms with Crippen LogP contribution in [0.5, 0.6) is 5.75 Å². The molecule has 1 N–H and O–H groups in total. The zero-order chi connectivity index (χ0) is 13.5. The summed E-state index contributed by atoms with van der Waals surface area (Å²) in [4.78, 5) is 12.0. The predicted octanol–water partition coefficient (Wildman–Crippen LogP) is 3.10. The van der Waals surface area contributed by atoms with Gasteiger partial charge in [-0.1, -0.05) is 42.5 Å². The number of ether oxygens (including phenoxy) is 1. The average molecular weight is 253 g/mol. The van der Waals surface area contributed by atoms with E-state index in [4.69, 9.17) is 4.74 Å². The van der Waals surface area contributed by atoms with Gasteiger partial charge in [-0.2, -0.15) is 0 Å². The van der Waals surface area contributed by atoms with E-state index < -0.39 is 0 Å². The van der Waals surface area contributed by atoms with Gasteiger partial charge >= 0.3 is 0 Å². The first-order valence-electron chi connectivity index (χ1n) is 5.97. The van der Waals surface area contributed by atoms with Crippen molar-refractivity contribution in [2.45, 2.75) is 0 Å². The minimum Gasteiger partial charge on any atom is -0.496 e. The average Bonchev–Trinajstić information content (AvgIpc) is 2.48. The number of hydrogen-bond donors (Lipinski definition) is 1. The molecule has 1 amide bonds. The van der Waals surface area contributed by atoms with Crippen LogP contribution in [0.4, 0.5) is 0 Å². The fourth-order valence-electron chi connectivity index (χ4n) is 1.69. The van der Waals surface area contributed by atoms with E-state index in [9.17, 15) is 4.79 Å². The topological polar surface area (TPSA) is 38.3 Å². The third-order valence-electron chi connectivity index (χ3n) is 2.64. The van der Waals surface area contributed by atoms with Crippen molar-refractivity contribution in [2.24, 2.45) is 0 Å². The number of amides is 1. The van der Waals surface area contributed by atoms with Gasteiger partial charge in [0, 0.05) is 6.20 Å². The third-order valence-corrected chi connectivity index (χ3v) is 2.64. The first-order valence-corrected chi connectivity index (χ1v) is 5.97. The summed E-state index contributed by atoms with van der Waals surface area (Å²) in [5, 5.41) is 2.72. The quantitative estimate of drug-likeness (QED) is 0.909. The number of rotatable bonds is 4. The van der Waals surface area contributed by atoms with Gasteiger partial charge < -0.3 is 10.1 Å². The highest BCUT2D eigenvalue weighted by Gasteiger charge is 2.09. The van der Waals surface area contributed by atoms with Crippen molar-refractivity contribution in [3.63, 3.8) is 0 Å². The fraction of sp³-hybridized carbons (Fsp3) is 0.0625. The molecule has 0 bridgehead atoms. The monoisotopic (exact) mass is 253 g/mol. The third kappa shape index (κ3) is 3.45. The Morgan fingerprint density at radius 3 is 2.47 bits per heavy atom. The second-order valence-electron chi connectivity index (χ2n) is 3.92. The molecule has 0 spiro atoms. The van der Waals surface area contributed by atoms with Gasteiger partial charge in [0.25, 0.3) is 5.91 Å². The van der Waals surface area contributed by atoms with Crippen molar-refractivity contribution in [3.8, 4) is 5.75 Å². The van der Waals surface area contributed by atoms with E-state index in [1.54, 1.807) is 31.5 Å². The number of methoxy groups -OCH3 is 1. The maximum absolute atomic E-state index is 12.0. The predicted molar refractivity (Wildman–Crippen MR) is 75.9 cm³/mol. The smallest absolute Gasteiger partial charge is 0.258 e. The van der Waals surface area contributed by atoms with Gasteiger partial charge in [0.2, 0.25) is 0 Å². The highest BCUT2D eigenvalue weighted by Crippen LogP contribution is 2.16. The molecule has 0 fully saturated rings. The molecular weight excluding hydrogens is 238 g/mol. The lowest BCUT2D eigenvalue weighted by Gasteiger charge is -2.06. The van der Waals surface area contributed by atoms with Crippen molar-refractivity contribution in [2.75, 3.05) is 7.11 Å². The Morgan fingerprint density at radius 1 is 1.05 bits per heavy atom. The van der Waals surface area contributed by atoms with Crippen LogP contribution in [0.1, 0.15) is 15.9 Å². The first-order chi connectivity index (χ1) is 9.31. The zero-order valence-electron chi connectivity index (χ0n) is 10.7. The largest absolute Gasteiger partial charge is 0.496 e. The molecule has 3 heteroatoms. The van der Waals surface area contributed by atoms with Gasteiger partial charge in [0.05, 0.1) is 12.7 Å². The van der Waals surface area contributed by atoms with Crippen LogP contribution in [0.15, 0.2) is 60.8 Å². The summed E-state index contributed by atoms with van der Waals surface area (Å²) < 4.78 is 5.15. The lowest BCUT2D eigenvalue weighted by Crippen LogP contribution is -2.17. The highest BCUT2D eigenvalue weighted by atomic mass is 16.5. The molecule has 2 rings (SSSR count). The number of carbonyl (C=O) groups is 1. The van der Waals surface area contributed by atoms with Gasteiger partial charge in [0.1, 0.15) is 5.75 Å². The lowest BCUT2D eigenvalue weighted by atomic mass is 10.2. The van der Waals surface area contributed by atoms with E-state index in [1.807, 2.05) is 42.5 Å². The number of nitrogens with one attached hydrogen (secondary N) is 1. The standard InChI is InChI=1S/C16H15NO2/c1-19-15-10-6-5-9-14(15)16(18)17-12-11-13-7-3-2-4-8-13/h2-12H,1H3,(H,17,18). The second-order valence-corrected chi connectivity index (χ2v) is 3.92. The van der Waals surface area contributed by atoms with Gasteiger partial charge in [-0.3, -0.25) is 4.79 Å². The van der Waals surface area contributed by atoms with E-state index in [0.717, 1.165) is 5.56 Å². The minimum absolute atomic E-state index is 0.190. The van der Waals surface area contributed by atoms with Crippen molar-refractivity contribution < 1.29 is 9.53 Å². The maximum Gasteiger partial charge on any atom is 0.258 e. The van der Waals surface area contributed by atoms with Crippen LogP contribution in [0.25, 0.3) is 6.08 Å². The summed E-state index contributed by atoms with van der Waals surface area (Å²) in [6, 6.07) is 16.9. The highest BCUT2D eigenvalue weighted by molar-refractivity contribution is 5.97. The zero-order valence-corrected chi connectivity index (χ0v) is 10.7. The summed E-state index contributed by atoms with van der Waals surface area (Å²) in [7, 11) is 1.55. The van der Waals surface area contributed by atoms with Gasteiger partial charge in [-0.15, -0.1) is 0 Å². The summed E-state index contributed by atoms with van der Waals surface area (Å²) >= 11 is 0. The molecule has 0 aliphatic rings. The van der Waals surface area contributed by atoms with Crippen molar-refractivity contribution >= 4 is 12.0 Å². The number of para-hydroxylation sites is 1. The van der Waals surface area contributed by atoms with E-state index >= 15 is 0 Å². The van der Waals surface area contributed by atoms with Crippen LogP contribution in [0, 0.1) is 0 Å². The first kappa shape index (κ1) is 12.9. The number of hydrogen-bond acceptors (Lipinski definition) is 2. The Hall–Kier alpha value is -2.55. The molecule has 19 heavy (non-hydrogen) atoms. The normalized spacial score (nSPS) is 10.4. The molecule has 0 saturated heterocycles. The number of carbonyl (C=O) groups excluding carboxylic acids is 1. The van der Waals surface area contributed by atoms with E-state index in [-0.39, 0.29) is 5.91 Å². The fourth-order valence-corrected chi connectivity index (χ4v) is 1.69. The number of benzene rings is 2. The van der Waals surface area contributed by atoms with Crippen LogP contribution in [-0.2, 0) is 0 Å². The molecule has 0 radical (unpaired) electrons. The van der Waals surface area contributed by atoms with E-state index in [0.29, 0.717) is 11.3 Å².